The topological polar surface area (TPSA) is 94.1 Å². The average molecular weight is 171 g/mol. The minimum atomic E-state index is -1.51. The van der Waals surface area contributed by atoms with Crippen molar-refractivity contribution in [3.63, 3.8) is 0 Å². The predicted octanol–water partition coefficient (Wildman–Crippen LogP) is -2.05. The molecule has 0 saturated carbocycles. The molecule has 4 N–H and O–H groups in total. The van der Waals surface area contributed by atoms with E-state index >= 15 is 0 Å². The Morgan fingerprint density at radius 2 is 2.17 bits per heavy atom. The molecule has 1 rings (SSSR count). The first-order chi connectivity index (χ1) is 5.25. The molecule has 0 radical (unpaired) electrons. The van der Waals surface area contributed by atoms with Crippen LogP contribution in [0.2, 0.25) is 0 Å². The molecule has 0 amide bonds. The number of methoxy groups -OCH3 is 1. The summed E-state index contributed by atoms with van der Waals surface area (Å²) in [5, 5.41) is 17.6. The molecule has 1 aromatic heterocycles. The Hall–Kier alpha value is -1.11. The van der Waals surface area contributed by atoms with E-state index in [4.69, 9.17) is 14.8 Å². The number of rotatable bonds is 2. The van der Waals surface area contributed by atoms with E-state index in [1.165, 1.54) is 25.6 Å². The van der Waals surface area contributed by atoms with E-state index in [1.807, 2.05) is 0 Å². The van der Waals surface area contributed by atoms with Crippen LogP contribution in [0, 0.1) is 0 Å². The van der Waals surface area contributed by atoms with Gasteiger partial charge >= 0.3 is 7.12 Å². The van der Waals surface area contributed by atoms with Crippen LogP contribution in [0.4, 0.5) is 0 Å². The molecule has 1 aromatic rings. The second-order valence-electron chi connectivity index (χ2n) is 1.99. The number of hydrogen-bond acceptors (Lipinski definition) is 4. The van der Waals surface area contributed by atoms with Crippen molar-refractivity contribution < 1.29 is 20.3 Å². The summed E-state index contributed by atoms with van der Waals surface area (Å²) in [5.41, 5.74) is 0.322. The first-order valence-electron chi connectivity index (χ1n) is 3.09. The molecule has 1 heterocycles. The van der Waals surface area contributed by atoms with Crippen molar-refractivity contribution >= 4 is 12.6 Å². The maximum absolute atomic E-state index is 8.78. The minimum absolute atomic E-state index is 0. The van der Waals surface area contributed by atoms with Crippen LogP contribution >= 0.6 is 0 Å². The molecule has 0 aliphatic rings. The van der Waals surface area contributed by atoms with Crippen molar-refractivity contribution in [1.82, 2.24) is 4.98 Å². The van der Waals surface area contributed by atoms with E-state index < -0.39 is 7.12 Å². The maximum atomic E-state index is 8.78. The summed E-state index contributed by atoms with van der Waals surface area (Å²) in [5.74, 6) is 0.377. The molecule has 6 heteroatoms. The molecule has 0 spiro atoms. The molecule has 0 aliphatic heterocycles. The van der Waals surface area contributed by atoms with Crippen molar-refractivity contribution in [2.75, 3.05) is 7.11 Å². The fourth-order valence-corrected chi connectivity index (χ4v) is 0.775. The standard InChI is InChI=1S/C6H8BNO3.H2O/c1-11-6-4-8-3-2-5(6)7(9)10;/h2-4,9-10H,1H3;1H2. The van der Waals surface area contributed by atoms with Crippen LogP contribution in [0.25, 0.3) is 0 Å². The van der Waals surface area contributed by atoms with Gasteiger partial charge in [-0.1, -0.05) is 0 Å². The van der Waals surface area contributed by atoms with Gasteiger partial charge in [0.05, 0.1) is 13.3 Å². The van der Waals surface area contributed by atoms with Gasteiger partial charge in [-0.05, 0) is 6.07 Å². The van der Waals surface area contributed by atoms with Crippen LogP contribution in [-0.4, -0.2) is 34.7 Å². The predicted molar refractivity (Wildman–Crippen MR) is 44.2 cm³/mol. The smallest absolute Gasteiger partial charge is 0.492 e. The Labute approximate surface area is 70.1 Å². The Morgan fingerprint density at radius 1 is 1.50 bits per heavy atom. The monoisotopic (exact) mass is 171 g/mol. The molecule has 0 atom stereocenters. The lowest BCUT2D eigenvalue weighted by atomic mass is 9.80. The van der Waals surface area contributed by atoms with Crippen LogP contribution in [0.1, 0.15) is 0 Å². The van der Waals surface area contributed by atoms with Crippen molar-refractivity contribution in [3.05, 3.63) is 18.5 Å². The van der Waals surface area contributed by atoms with Crippen molar-refractivity contribution in [1.29, 1.82) is 0 Å². The Kier molecular flexibility index (Phi) is 4.27. The van der Waals surface area contributed by atoms with Crippen LogP contribution in [-0.2, 0) is 0 Å². The number of pyridine rings is 1. The molecule has 0 unspecified atom stereocenters. The zero-order valence-electron chi connectivity index (χ0n) is 6.56. The summed E-state index contributed by atoms with van der Waals surface area (Å²) in [6, 6.07) is 1.49. The molecular weight excluding hydrogens is 161 g/mol. The zero-order valence-corrected chi connectivity index (χ0v) is 6.56. The van der Waals surface area contributed by atoms with Crippen LogP contribution < -0.4 is 10.2 Å². The molecule has 0 saturated heterocycles. The highest BCUT2D eigenvalue weighted by Crippen LogP contribution is 2.02. The van der Waals surface area contributed by atoms with E-state index in [1.54, 1.807) is 0 Å². The van der Waals surface area contributed by atoms with Gasteiger partial charge in [-0.2, -0.15) is 0 Å². The Morgan fingerprint density at radius 3 is 2.58 bits per heavy atom. The summed E-state index contributed by atoms with van der Waals surface area (Å²) in [6.07, 6.45) is 2.89. The number of nitrogens with zero attached hydrogens (tertiary/aromatic N) is 1. The second-order valence-corrected chi connectivity index (χ2v) is 1.99. The van der Waals surface area contributed by atoms with E-state index in [0.717, 1.165) is 0 Å². The van der Waals surface area contributed by atoms with Crippen molar-refractivity contribution in [3.8, 4) is 5.75 Å². The fraction of sp³-hybridized carbons (Fsp3) is 0.167. The molecule has 0 bridgehead atoms. The van der Waals surface area contributed by atoms with Crippen LogP contribution in [0.15, 0.2) is 18.5 Å². The van der Waals surface area contributed by atoms with Gasteiger partial charge in [0.25, 0.3) is 0 Å². The first kappa shape index (κ1) is 10.9. The van der Waals surface area contributed by atoms with Crippen molar-refractivity contribution in [2.24, 2.45) is 0 Å². The summed E-state index contributed by atoms with van der Waals surface area (Å²) in [6.45, 7) is 0. The van der Waals surface area contributed by atoms with E-state index in [2.05, 4.69) is 4.98 Å². The molecule has 0 fully saturated rings. The SMILES string of the molecule is COc1cnccc1B(O)O.O. The van der Waals surface area contributed by atoms with Gasteiger partial charge < -0.3 is 20.3 Å². The number of aromatic nitrogens is 1. The molecule has 0 aromatic carbocycles. The quantitative estimate of drug-likeness (QED) is 0.500. The van der Waals surface area contributed by atoms with E-state index in [0.29, 0.717) is 11.2 Å². The first-order valence-corrected chi connectivity index (χ1v) is 3.09. The highest BCUT2D eigenvalue weighted by atomic mass is 16.5. The summed E-state index contributed by atoms with van der Waals surface area (Å²) < 4.78 is 4.82. The molecule has 66 valence electrons. The summed E-state index contributed by atoms with van der Waals surface area (Å²) in [4.78, 5) is 3.75. The Balaban J connectivity index is 0.00000121. The maximum Gasteiger partial charge on any atom is 0.492 e. The van der Waals surface area contributed by atoms with E-state index in [9.17, 15) is 0 Å². The lowest BCUT2D eigenvalue weighted by Crippen LogP contribution is -2.31. The van der Waals surface area contributed by atoms with Gasteiger partial charge in [0.2, 0.25) is 0 Å². The highest BCUT2D eigenvalue weighted by molar-refractivity contribution is 6.59. The van der Waals surface area contributed by atoms with Crippen LogP contribution in [0.5, 0.6) is 5.75 Å². The molecule has 5 nitrogen and oxygen atoms in total. The Bertz CT molecular complexity index is 243. The largest absolute Gasteiger partial charge is 0.496 e. The van der Waals surface area contributed by atoms with Gasteiger partial charge in [0.15, 0.2) is 0 Å². The van der Waals surface area contributed by atoms with Crippen LogP contribution in [0.3, 0.4) is 0 Å². The van der Waals surface area contributed by atoms with Gasteiger partial charge in [-0.3, -0.25) is 4.98 Å². The van der Waals surface area contributed by atoms with Gasteiger partial charge in [-0.15, -0.1) is 0 Å². The van der Waals surface area contributed by atoms with Gasteiger partial charge in [0.1, 0.15) is 5.75 Å². The van der Waals surface area contributed by atoms with Gasteiger partial charge in [-0.25, -0.2) is 0 Å². The zero-order chi connectivity index (χ0) is 8.27. The second kappa shape index (κ2) is 4.71. The lowest BCUT2D eigenvalue weighted by molar-refractivity contribution is 0.402. The third-order valence-electron chi connectivity index (χ3n) is 1.31. The minimum Gasteiger partial charge on any atom is -0.496 e. The summed E-state index contributed by atoms with van der Waals surface area (Å²) >= 11 is 0. The fourth-order valence-electron chi connectivity index (χ4n) is 0.775. The molecule has 0 aliphatic carbocycles. The lowest BCUT2D eigenvalue weighted by Gasteiger charge is -2.04. The van der Waals surface area contributed by atoms with Crippen molar-refractivity contribution in [2.45, 2.75) is 0 Å². The third-order valence-corrected chi connectivity index (χ3v) is 1.31. The number of hydrogen-bond donors (Lipinski definition) is 2. The van der Waals surface area contributed by atoms with Gasteiger partial charge in [0, 0.05) is 11.7 Å². The highest BCUT2D eigenvalue weighted by Gasteiger charge is 2.15. The number of ether oxygens (including phenoxy) is 1. The summed E-state index contributed by atoms with van der Waals surface area (Å²) in [7, 11) is -0.0592. The molecular formula is C6H10BNO4. The molecule has 12 heavy (non-hydrogen) atoms. The normalized spacial score (nSPS) is 8.58. The third kappa shape index (κ3) is 2.19. The van der Waals surface area contributed by atoms with E-state index in [-0.39, 0.29) is 5.48 Å². The average Bonchev–Trinajstić information content (AvgIpc) is 2.04.